The van der Waals surface area contributed by atoms with Crippen LogP contribution in [0.25, 0.3) is 0 Å². The number of halogens is 1. The van der Waals surface area contributed by atoms with Gasteiger partial charge in [-0.05, 0) is 55.5 Å². The topological polar surface area (TPSA) is 20.3 Å². The number of nitrogens with zero attached hydrogens (tertiary/aromatic N) is 1. The van der Waals surface area contributed by atoms with E-state index in [2.05, 4.69) is 34.1 Å². The third-order valence-corrected chi connectivity index (χ3v) is 4.53. The van der Waals surface area contributed by atoms with Gasteiger partial charge in [0.05, 0.1) is 0 Å². The molecule has 3 rings (SSSR count). The van der Waals surface area contributed by atoms with Gasteiger partial charge in [0.15, 0.2) is 0 Å². The SMILES string of the molecule is Cc1ccc(Br)cc1C(=O)N1CCCCc2ccccc21. The zero-order valence-electron chi connectivity index (χ0n) is 12.1. The van der Waals surface area contributed by atoms with Gasteiger partial charge in [-0.1, -0.05) is 40.2 Å². The summed E-state index contributed by atoms with van der Waals surface area (Å²) in [6.45, 7) is 2.78. The van der Waals surface area contributed by atoms with Crippen LogP contribution in [0.3, 0.4) is 0 Å². The fraction of sp³-hybridized carbons (Fsp3) is 0.278. The molecule has 21 heavy (non-hydrogen) atoms. The Bertz CT molecular complexity index is 681. The van der Waals surface area contributed by atoms with E-state index in [1.807, 2.05) is 36.1 Å². The quantitative estimate of drug-likeness (QED) is 0.732. The summed E-state index contributed by atoms with van der Waals surface area (Å²) < 4.78 is 0.944. The Kier molecular flexibility index (Phi) is 4.11. The summed E-state index contributed by atoms with van der Waals surface area (Å²) in [5.74, 6) is 0.100. The van der Waals surface area contributed by atoms with Crippen LogP contribution in [0, 0.1) is 6.92 Å². The van der Waals surface area contributed by atoms with Gasteiger partial charge in [-0.15, -0.1) is 0 Å². The van der Waals surface area contributed by atoms with Crippen LogP contribution < -0.4 is 4.90 Å². The summed E-state index contributed by atoms with van der Waals surface area (Å²) in [5.41, 5.74) is 4.14. The van der Waals surface area contributed by atoms with E-state index >= 15 is 0 Å². The predicted molar refractivity (Wildman–Crippen MR) is 89.9 cm³/mol. The van der Waals surface area contributed by atoms with Crippen LogP contribution in [0.4, 0.5) is 5.69 Å². The van der Waals surface area contributed by atoms with Crippen molar-refractivity contribution in [2.75, 3.05) is 11.4 Å². The molecule has 0 fully saturated rings. The third kappa shape index (κ3) is 2.88. The first-order chi connectivity index (χ1) is 10.2. The molecular formula is C18H18BrNO. The highest BCUT2D eigenvalue weighted by Crippen LogP contribution is 2.28. The molecule has 3 heteroatoms. The van der Waals surface area contributed by atoms with Crippen LogP contribution in [-0.4, -0.2) is 12.5 Å². The Morgan fingerprint density at radius 2 is 1.95 bits per heavy atom. The Morgan fingerprint density at radius 3 is 2.81 bits per heavy atom. The molecule has 0 saturated carbocycles. The van der Waals surface area contributed by atoms with Gasteiger partial charge in [-0.2, -0.15) is 0 Å². The number of hydrogen-bond acceptors (Lipinski definition) is 1. The molecule has 0 unspecified atom stereocenters. The summed E-state index contributed by atoms with van der Waals surface area (Å²) >= 11 is 3.47. The van der Waals surface area contributed by atoms with E-state index in [0.717, 1.165) is 47.1 Å². The normalized spacial score (nSPS) is 14.5. The molecule has 0 saturated heterocycles. The molecule has 1 amide bonds. The zero-order chi connectivity index (χ0) is 14.8. The summed E-state index contributed by atoms with van der Waals surface area (Å²) in [7, 11) is 0. The molecule has 2 nitrogen and oxygen atoms in total. The van der Waals surface area contributed by atoms with Gasteiger partial charge in [0.2, 0.25) is 0 Å². The average molecular weight is 344 g/mol. The molecule has 1 aliphatic heterocycles. The first-order valence-electron chi connectivity index (χ1n) is 7.33. The molecule has 108 valence electrons. The van der Waals surface area contributed by atoms with Crippen molar-refractivity contribution in [1.82, 2.24) is 0 Å². The van der Waals surface area contributed by atoms with Crippen molar-refractivity contribution in [1.29, 1.82) is 0 Å². The molecular weight excluding hydrogens is 326 g/mol. The lowest BCUT2D eigenvalue weighted by molar-refractivity contribution is 0.0986. The number of rotatable bonds is 1. The van der Waals surface area contributed by atoms with Crippen LogP contribution >= 0.6 is 15.9 Å². The van der Waals surface area contributed by atoms with Crippen molar-refractivity contribution in [3.8, 4) is 0 Å². The second kappa shape index (κ2) is 6.02. The van der Waals surface area contributed by atoms with Crippen LogP contribution in [0.1, 0.15) is 34.3 Å². The molecule has 0 radical (unpaired) electrons. The lowest BCUT2D eigenvalue weighted by Gasteiger charge is -2.24. The highest BCUT2D eigenvalue weighted by atomic mass is 79.9. The largest absolute Gasteiger partial charge is 0.308 e. The molecule has 2 aromatic rings. The smallest absolute Gasteiger partial charge is 0.258 e. The van der Waals surface area contributed by atoms with Gasteiger partial charge in [0, 0.05) is 22.3 Å². The van der Waals surface area contributed by atoms with E-state index in [1.165, 1.54) is 5.56 Å². The lowest BCUT2D eigenvalue weighted by atomic mass is 10.1. The van der Waals surface area contributed by atoms with Gasteiger partial charge >= 0.3 is 0 Å². The number of carbonyl (C=O) groups is 1. The molecule has 0 bridgehead atoms. The number of fused-ring (bicyclic) bond motifs is 1. The van der Waals surface area contributed by atoms with Crippen LogP contribution in [0.2, 0.25) is 0 Å². The molecule has 1 heterocycles. The summed E-state index contributed by atoms with van der Waals surface area (Å²) in [6.07, 6.45) is 3.24. The number of anilines is 1. The fourth-order valence-corrected chi connectivity index (χ4v) is 3.23. The minimum absolute atomic E-state index is 0.100. The summed E-state index contributed by atoms with van der Waals surface area (Å²) in [5, 5.41) is 0. The molecule has 0 spiro atoms. The van der Waals surface area contributed by atoms with Crippen LogP contribution in [-0.2, 0) is 6.42 Å². The Morgan fingerprint density at radius 1 is 1.14 bits per heavy atom. The van der Waals surface area contributed by atoms with Crippen molar-refractivity contribution in [3.63, 3.8) is 0 Å². The van der Waals surface area contributed by atoms with E-state index < -0.39 is 0 Å². The first-order valence-corrected chi connectivity index (χ1v) is 8.12. The van der Waals surface area contributed by atoms with Crippen molar-refractivity contribution in [3.05, 3.63) is 63.6 Å². The lowest BCUT2D eigenvalue weighted by Crippen LogP contribution is -2.32. The van der Waals surface area contributed by atoms with Gasteiger partial charge in [0.25, 0.3) is 5.91 Å². The highest BCUT2D eigenvalue weighted by Gasteiger charge is 2.23. The van der Waals surface area contributed by atoms with E-state index in [-0.39, 0.29) is 5.91 Å². The number of amides is 1. The fourth-order valence-electron chi connectivity index (χ4n) is 2.87. The molecule has 1 aliphatic rings. The molecule has 0 aliphatic carbocycles. The average Bonchev–Trinajstić information content (AvgIpc) is 2.71. The molecule has 0 aromatic heterocycles. The number of aryl methyl sites for hydroxylation is 2. The third-order valence-electron chi connectivity index (χ3n) is 4.04. The van der Waals surface area contributed by atoms with Crippen molar-refractivity contribution < 1.29 is 4.79 Å². The van der Waals surface area contributed by atoms with Crippen LogP contribution in [0.5, 0.6) is 0 Å². The molecule has 0 N–H and O–H groups in total. The number of para-hydroxylation sites is 1. The number of carbonyl (C=O) groups excluding carboxylic acids is 1. The Hall–Kier alpha value is -1.61. The van der Waals surface area contributed by atoms with Crippen molar-refractivity contribution in [2.45, 2.75) is 26.2 Å². The Labute approximate surface area is 133 Å². The van der Waals surface area contributed by atoms with E-state index in [9.17, 15) is 4.79 Å². The minimum Gasteiger partial charge on any atom is -0.308 e. The van der Waals surface area contributed by atoms with Gasteiger partial charge in [0.1, 0.15) is 0 Å². The number of benzene rings is 2. The van der Waals surface area contributed by atoms with Crippen molar-refractivity contribution >= 4 is 27.5 Å². The summed E-state index contributed by atoms with van der Waals surface area (Å²) in [4.78, 5) is 14.9. The van der Waals surface area contributed by atoms with E-state index in [4.69, 9.17) is 0 Å². The van der Waals surface area contributed by atoms with Gasteiger partial charge < -0.3 is 4.90 Å². The molecule has 2 aromatic carbocycles. The monoisotopic (exact) mass is 343 g/mol. The van der Waals surface area contributed by atoms with Gasteiger partial charge in [-0.3, -0.25) is 4.79 Å². The minimum atomic E-state index is 0.100. The first kappa shape index (κ1) is 14.3. The van der Waals surface area contributed by atoms with E-state index in [0.29, 0.717) is 0 Å². The maximum atomic E-state index is 13.0. The zero-order valence-corrected chi connectivity index (χ0v) is 13.7. The summed E-state index contributed by atoms with van der Waals surface area (Å²) in [6, 6.07) is 14.1. The number of hydrogen-bond donors (Lipinski definition) is 0. The molecule has 0 atom stereocenters. The van der Waals surface area contributed by atoms with Crippen LogP contribution in [0.15, 0.2) is 46.9 Å². The van der Waals surface area contributed by atoms with E-state index in [1.54, 1.807) is 0 Å². The second-order valence-corrected chi connectivity index (χ2v) is 6.42. The Balaban J connectivity index is 2.03. The highest BCUT2D eigenvalue weighted by molar-refractivity contribution is 9.10. The maximum absolute atomic E-state index is 13.0. The predicted octanol–water partition coefficient (Wildman–Crippen LogP) is 4.74. The van der Waals surface area contributed by atoms with Crippen molar-refractivity contribution in [2.24, 2.45) is 0 Å². The standard InChI is InChI=1S/C18H18BrNO/c1-13-9-10-15(19)12-16(13)18(21)20-11-5-4-7-14-6-2-3-8-17(14)20/h2-3,6,8-10,12H,4-5,7,11H2,1H3. The van der Waals surface area contributed by atoms with Gasteiger partial charge in [-0.25, -0.2) is 0 Å². The maximum Gasteiger partial charge on any atom is 0.258 e. The second-order valence-electron chi connectivity index (χ2n) is 5.50.